The molecule has 3 atom stereocenters. The van der Waals surface area contributed by atoms with Gasteiger partial charge in [0.05, 0.1) is 4.90 Å². The first-order chi connectivity index (χ1) is 9.55. The molecule has 0 spiro atoms. The number of hydroxylamine groups is 1. The SMILES string of the molecule is O=C(NO)[C@H]1[C@@H]2CC[C@@H](C2)N1S(=O)(=O)c1ccccc1. The highest BCUT2D eigenvalue weighted by Gasteiger charge is 2.54. The van der Waals surface area contributed by atoms with Crippen LogP contribution in [0.4, 0.5) is 0 Å². The first-order valence-electron chi connectivity index (χ1n) is 6.58. The number of sulfonamides is 1. The predicted molar refractivity (Wildman–Crippen MR) is 70.3 cm³/mol. The van der Waals surface area contributed by atoms with E-state index in [1.54, 1.807) is 23.7 Å². The number of carbonyl (C=O) groups excluding carboxylic acids is 1. The highest BCUT2D eigenvalue weighted by atomic mass is 32.2. The summed E-state index contributed by atoms with van der Waals surface area (Å²) in [7, 11) is -3.71. The lowest BCUT2D eigenvalue weighted by Gasteiger charge is -2.32. The number of hydrogen-bond donors (Lipinski definition) is 2. The molecule has 7 heteroatoms. The van der Waals surface area contributed by atoms with Crippen molar-refractivity contribution >= 4 is 15.9 Å². The average molecular weight is 296 g/mol. The van der Waals surface area contributed by atoms with E-state index in [9.17, 15) is 13.2 Å². The van der Waals surface area contributed by atoms with Crippen LogP contribution in [0, 0.1) is 5.92 Å². The van der Waals surface area contributed by atoms with Gasteiger partial charge in [-0.05, 0) is 37.3 Å². The minimum absolute atomic E-state index is 0.00867. The molecule has 1 aromatic rings. The predicted octanol–water partition coefficient (Wildman–Crippen LogP) is 0.734. The molecule has 1 heterocycles. The second-order valence-corrected chi connectivity index (χ2v) is 7.14. The summed E-state index contributed by atoms with van der Waals surface area (Å²) in [6.45, 7) is 0. The van der Waals surface area contributed by atoms with Crippen molar-refractivity contribution in [1.82, 2.24) is 9.79 Å². The minimum Gasteiger partial charge on any atom is -0.289 e. The molecule has 0 aromatic heterocycles. The normalized spacial score (nSPS) is 29.6. The zero-order valence-corrected chi connectivity index (χ0v) is 11.6. The summed E-state index contributed by atoms with van der Waals surface area (Å²) >= 11 is 0. The highest BCUT2D eigenvalue weighted by molar-refractivity contribution is 7.89. The zero-order valence-electron chi connectivity index (χ0n) is 10.8. The Bertz CT molecular complexity index is 617. The number of amides is 1. The monoisotopic (exact) mass is 296 g/mol. The maximum absolute atomic E-state index is 12.7. The number of piperidine rings is 1. The van der Waals surface area contributed by atoms with Crippen molar-refractivity contribution in [3.63, 3.8) is 0 Å². The van der Waals surface area contributed by atoms with Crippen molar-refractivity contribution in [2.24, 2.45) is 5.92 Å². The lowest BCUT2D eigenvalue weighted by atomic mass is 10.00. The van der Waals surface area contributed by atoms with E-state index in [1.807, 2.05) is 0 Å². The van der Waals surface area contributed by atoms with E-state index in [1.165, 1.54) is 16.4 Å². The quantitative estimate of drug-likeness (QED) is 0.636. The Morgan fingerprint density at radius 2 is 1.95 bits per heavy atom. The molecule has 2 fully saturated rings. The van der Waals surface area contributed by atoms with Crippen molar-refractivity contribution in [3.05, 3.63) is 30.3 Å². The number of carbonyl (C=O) groups is 1. The molecule has 1 aliphatic carbocycles. The molecule has 1 aliphatic heterocycles. The smallest absolute Gasteiger partial charge is 0.262 e. The van der Waals surface area contributed by atoms with Crippen LogP contribution in [0.15, 0.2) is 35.2 Å². The molecule has 1 amide bonds. The highest BCUT2D eigenvalue weighted by Crippen LogP contribution is 2.45. The summed E-state index contributed by atoms with van der Waals surface area (Å²) < 4.78 is 26.7. The lowest BCUT2D eigenvalue weighted by Crippen LogP contribution is -2.52. The van der Waals surface area contributed by atoms with Crippen LogP contribution in [0.5, 0.6) is 0 Å². The third kappa shape index (κ3) is 1.93. The molecule has 2 aliphatic rings. The topological polar surface area (TPSA) is 86.7 Å². The van der Waals surface area contributed by atoms with E-state index >= 15 is 0 Å². The van der Waals surface area contributed by atoms with Gasteiger partial charge in [-0.2, -0.15) is 4.31 Å². The zero-order chi connectivity index (χ0) is 14.3. The van der Waals surface area contributed by atoms with Crippen LogP contribution >= 0.6 is 0 Å². The summed E-state index contributed by atoms with van der Waals surface area (Å²) in [5.74, 6) is -0.651. The lowest BCUT2D eigenvalue weighted by molar-refractivity contribution is -0.134. The summed E-state index contributed by atoms with van der Waals surface area (Å²) in [5, 5.41) is 8.86. The Balaban J connectivity index is 2.01. The minimum atomic E-state index is -3.71. The number of benzene rings is 1. The van der Waals surface area contributed by atoms with Gasteiger partial charge >= 0.3 is 0 Å². The van der Waals surface area contributed by atoms with Crippen molar-refractivity contribution in [2.45, 2.75) is 36.2 Å². The van der Waals surface area contributed by atoms with Gasteiger partial charge in [0, 0.05) is 6.04 Å². The molecule has 3 rings (SSSR count). The second kappa shape index (κ2) is 4.83. The van der Waals surface area contributed by atoms with Crippen LogP contribution in [-0.2, 0) is 14.8 Å². The van der Waals surface area contributed by atoms with Gasteiger partial charge in [0.15, 0.2) is 0 Å². The summed E-state index contributed by atoms with van der Waals surface area (Å²) in [6.07, 6.45) is 2.28. The van der Waals surface area contributed by atoms with Crippen molar-refractivity contribution in [2.75, 3.05) is 0 Å². The first kappa shape index (κ1) is 13.5. The molecule has 2 N–H and O–H groups in total. The van der Waals surface area contributed by atoms with Gasteiger partial charge < -0.3 is 0 Å². The van der Waals surface area contributed by atoms with Crippen LogP contribution in [0.3, 0.4) is 0 Å². The molecule has 1 saturated heterocycles. The molecule has 1 aromatic carbocycles. The Morgan fingerprint density at radius 3 is 2.60 bits per heavy atom. The maximum atomic E-state index is 12.7. The summed E-state index contributed by atoms with van der Waals surface area (Å²) in [4.78, 5) is 12.0. The van der Waals surface area contributed by atoms with Gasteiger partial charge in [-0.15, -0.1) is 0 Å². The molecule has 0 unspecified atom stereocenters. The van der Waals surface area contributed by atoms with E-state index in [0.29, 0.717) is 6.42 Å². The molecule has 108 valence electrons. The summed E-state index contributed by atoms with van der Waals surface area (Å²) in [5.41, 5.74) is 1.60. The van der Waals surface area contributed by atoms with E-state index in [-0.39, 0.29) is 16.9 Å². The van der Waals surface area contributed by atoms with Crippen LogP contribution in [0.25, 0.3) is 0 Å². The van der Waals surface area contributed by atoms with Crippen molar-refractivity contribution < 1.29 is 18.4 Å². The number of rotatable bonds is 3. The van der Waals surface area contributed by atoms with Crippen LogP contribution in [-0.4, -0.2) is 35.9 Å². The number of nitrogens with one attached hydrogen (secondary N) is 1. The van der Waals surface area contributed by atoms with Gasteiger partial charge in [0.2, 0.25) is 10.0 Å². The van der Waals surface area contributed by atoms with Crippen LogP contribution in [0.2, 0.25) is 0 Å². The molecular formula is C13H16N2O4S. The molecular weight excluding hydrogens is 280 g/mol. The van der Waals surface area contributed by atoms with E-state index in [2.05, 4.69) is 0 Å². The van der Waals surface area contributed by atoms with Gasteiger partial charge in [0.1, 0.15) is 6.04 Å². The fourth-order valence-corrected chi connectivity index (χ4v) is 5.30. The van der Waals surface area contributed by atoms with E-state index < -0.39 is 22.0 Å². The fourth-order valence-electron chi connectivity index (χ4n) is 3.40. The third-order valence-electron chi connectivity index (χ3n) is 4.22. The second-order valence-electron chi connectivity index (χ2n) is 5.30. The Morgan fingerprint density at radius 1 is 1.25 bits per heavy atom. The maximum Gasteiger partial charge on any atom is 0.262 e. The third-order valence-corrected chi connectivity index (χ3v) is 6.17. The average Bonchev–Trinajstić information content (AvgIpc) is 3.08. The number of hydrogen-bond acceptors (Lipinski definition) is 4. The van der Waals surface area contributed by atoms with Crippen molar-refractivity contribution in [1.29, 1.82) is 0 Å². The first-order valence-corrected chi connectivity index (χ1v) is 8.02. The molecule has 20 heavy (non-hydrogen) atoms. The van der Waals surface area contributed by atoms with E-state index in [0.717, 1.165) is 12.8 Å². The fraction of sp³-hybridized carbons (Fsp3) is 0.462. The van der Waals surface area contributed by atoms with Gasteiger partial charge in [-0.25, -0.2) is 13.9 Å². The Kier molecular flexibility index (Phi) is 3.27. The largest absolute Gasteiger partial charge is 0.289 e. The number of nitrogens with zero attached hydrogens (tertiary/aromatic N) is 1. The standard InChI is InChI=1S/C13H16N2O4S/c16-13(14-17)12-9-6-7-10(8-9)15(12)20(18,19)11-4-2-1-3-5-11/h1-5,9-10,12,17H,6-8H2,(H,14,16)/t9-,10+,12-/m1/s1. The Labute approximate surface area is 117 Å². The molecule has 0 radical (unpaired) electrons. The molecule has 1 saturated carbocycles. The summed E-state index contributed by atoms with van der Waals surface area (Å²) in [6, 6.07) is 7.15. The molecule has 2 bridgehead atoms. The Hall–Kier alpha value is -1.44. The van der Waals surface area contributed by atoms with Gasteiger partial charge in [0.25, 0.3) is 5.91 Å². The van der Waals surface area contributed by atoms with Crippen LogP contribution in [0.1, 0.15) is 19.3 Å². The van der Waals surface area contributed by atoms with Crippen LogP contribution < -0.4 is 5.48 Å². The van der Waals surface area contributed by atoms with Gasteiger partial charge in [-0.3, -0.25) is 10.0 Å². The van der Waals surface area contributed by atoms with Crippen molar-refractivity contribution in [3.8, 4) is 0 Å². The molecule has 6 nitrogen and oxygen atoms in total. The van der Waals surface area contributed by atoms with Gasteiger partial charge in [-0.1, -0.05) is 18.2 Å². The van der Waals surface area contributed by atoms with E-state index in [4.69, 9.17) is 5.21 Å². The number of fused-ring (bicyclic) bond motifs is 2.